The molecule has 0 radical (unpaired) electrons. The number of carbonyl (C=O) groups is 1. The predicted octanol–water partition coefficient (Wildman–Crippen LogP) is 4.26. The van der Waals surface area contributed by atoms with Gasteiger partial charge in [-0.1, -0.05) is 43.5 Å². The van der Waals surface area contributed by atoms with Gasteiger partial charge in [0.15, 0.2) is 5.82 Å². The van der Waals surface area contributed by atoms with Gasteiger partial charge in [-0.3, -0.25) is 4.79 Å². The number of para-hydroxylation sites is 1. The average Bonchev–Trinajstić information content (AvgIpc) is 3.40. The van der Waals surface area contributed by atoms with Crippen molar-refractivity contribution < 1.29 is 4.79 Å². The maximum Gasteiger partial charge on any atom is 0.293 e. The summed E-state index contributed by atoms with van der Waals surface area (Å²) in [5, 5.41) is 6.62. The normalized spacial score (nSPS) is 20.0. The lowest BCUT2D eigenvalue weighted by atomic mass is 9.75. The first-order chi connectivity index (χ1) is 13.3. The van der Waals surface area contributed by atoms with E-state index in [0.717, 1.165) is 41.8 Å². The lowest BCUT2D eigenvalue weighted by molar-refractivity contribution is 0.0763. The van der Waals surface area contributed by atoms with Crippen LogP contribution in [0.25, 0.3) is 16.4 Å². The van der Waals surface area contributed by atoms with Crippen molar-refractivity contribution in [3.05, 3.63) is 53.7 Å². The molecule has 1 atom stereocenters. The summed E-state index contributed by atoms with van der Waals surface area (Å²) in [6, 6.07) is 13.9. The molecule has 5 nitrogen and oxygen atoms in total. The first-order valence-electron chi connectivity index (χ1n) is 9.65. The number of nitrogens with zero attached hydrogens (tertiary/aromatic N) is 4. The van der Waals surface area contributed by atoms with Gasteiger partial charge in [-0.25, -0.2) is 9.67 Å². The van der Waals surface area contributed by atoms with E-state index in [9.17, 15) is 4.79 Å². The third-order valence-electron chi connectivity index (χ3n) is 5.87. The summed E-state index contributed by atoms with van der Waals surface area (Å²) in [6.07, 6.45) is 5.13. The fourth-order valence-corrected chi connectivity index (χ4v) is 4.82. The molecule has 1 saturated carbocycles. The van der Waals surface area contributed by atoms with Crippen molar-refractivity contribution in [2.45, 2.75) is 25.7 Å². The molecule has 3 aromatic rings. The highest BCUT2D eigenvalue weighted by atomic mass is 32.1. The van der Waals surface area contributed by atoms with E-state index in [0.29, 0.717) is 11.7 Å². The Morgan fingerprint density at radius 3 is 2.59 bits per heavy atom. The molecule has 0 bridgehead atoms. The second-order valence-corrected chi connectivity index (χ2v) is 8.42. The molecule has 2 aliphatic rings. The van der Waals surface area contributed by atoms with Gasteiger partial charge in [-0.15, -0.1) is 16.4 Å². The molecular formula is C21H22N4OS. The van der Waals surface area contributed by atoms with E-state index in [4.69, 9.17) is 0 Å². The molecule has 1 aromatic carbocycles. The van der Waals surface area contributed by atoms with Crippen LogP contribution in [0, 0.1) is 11.8 Å². The molecule has 2 aromatic heterocycles. The summed E-state index contributed by atoms with van der Waals surface area (Å²) in [5.74, 6) is 2.48. The molecule has 2 fully saturated rings. The molecule has 1 unspecified atom stereocenters. The minimum absolute atomic E-state index is 0.0377. The van der Waals surface area contributed by atoms with Crippen molar-refractivity contribution in [1.82, 2.24) is 19.7 Å². The molecule has 0 spiro atoms. The Labute approximate surface area is 162 Å². The van der Waals surface area contributed by atoms with E-state index in [1.54, 1.807) is 16.0 Å². The minimum atomic E-state index is -0.0377. The van der Waals surface area contributed by atoms with Crippen molar-refractivity contribution >= 4 is 17.2 Å². The Morgan fingerprint density at radius 2 is 1.89 bits per heavy atom. The van der Waals surface area contributed by atoms with E-state index in [1.165, 1.54) is 19.3 Å². The van der Waals surface area contributed by atoms with Crippen LogP contribution in [0.2, 0.25) is 0 Å². The van der Waals surface area contributed by atoms with Crippen molar-refractivity contribution in [2.24, 2.45) is 11.8 Å². The number of thiophene rings is 1. The molecule has 1 aliphatic carbocycles. The number of rotatable bonds is 4. The quantitative estimate of drug-likeness (QED) is 0.682. The first kappa shape index (κ1) is 16.7. The Kier molecular flexibility index (Phi) is 4.28. The minimum Gasteiger partial charge on any atom is -0.336 e. The summed E-state index contributed by atoms with van der Waals surface area (Å²) in [7, 11) is 0. The van der Waals surface area contributed by atoms with Gasteiger partial charge in [0.25, 0.3) is 5.91 Å². The number of hydrogen-bond donors (Lipinski definition) is 0. The van der Waals surface area contributed by atoms with Crippen LogP contribution in [0.4, 0.5) is 0 Å². The maximum absolute atomic E-state index is 13.1. The van der Waals surface area contributed by atoms with Gasteiger partial charge in [0.05, 0.1) is 10.6 Å². The highest BCUT2D eigenvalue weighted by molar-refractivity contribution is 7.13. The summed E-state index contributed by atoms with van der Waals surface area (Å²) >= 11 is 1.61. The van der Waals surface area contributed by atoms with Gasteiger partial charge in [0.2, 0.25) is 5.82 Å². The molecule has 0 N–H and O–H groups in total. The van der Waals surface area contributed by atoms with E-state index < -0.39 is 0 Å². The number of aromatic nitrogens is 3. The molecule has 1 saturated heterocycles. The van der Waals surface area contributed by atoms with Crippen LogP contribution >= 0.6 is 11.3 Å². The Balaban J connectivity index is 1.45. The maximum atomic E-state index is 13.1. The van der Waals surface area contributed by atoms with Crippen molar-refractivity contribution in [2.75, 3.05) is 13.1 Å². The zero-order valence-electron chi connectivity index (χ0n) is 15.1. The lowest BCUT2D eigenvalue weighted by Gasteiger charge is -2.31. The highest BCUT2D eigenvalue weighted by Crippen LogP contribution is 2.38. The topological polar surface area (TPSA) is 51.0 Å². The Hall–Kier alpha value is -2.47. The second kappa shape index (κ2) is 6.93. The van der Waals surface area contributed by atoms with Crippen LogP contribution in [-0.2, 0) is 0 Å². The number of benzene rings is 1. The third-order valence-corrected chi connectivity index (χ3v) is 6.73. The molecule has 6 heteroatoms. The summed E-state index contributed by atoms with van der Waals surface area (Å²) in [6.45, 7) is 1.69. The monoisotopic (exact) mass is 378 g/mol. The number of carbonyl (C=O) groups excluding carboxylic acids is 1. The standard InChI is InChI=1S/C21H22N4OS/c26-21(24-12-11-16(14-24)15-6-4-7-15)19-22-20(18-10-5-13-27-18)25(23-19)17-8-2-1-3-9-17/h1-3,5,8-10,13,15-16H,4,6-7,11-12,14H2. The molecule has 1 aliphatic heterocycles. The van der Waals surface area contributed by atoms with Crippen LogP contribution in [0.1, 0.15) is 36.3 Å². The van der Waals surface area contributed by atoms with Crippen LogP contribution in [0.5, 0.6) is 0 Å². The predicted molar refractivity (Wildman–Crippen MR) is 106 cm³/mol. The largest absolute Gasteiger partial charge is 0.336 e. The van der Waals surface area contributed by atoms with E-state index in [1.807, 2.05) is 52.7 Å². The van der Waals surface area contributed by atoms with Crippen LogP contribution < -0.4 is 0 Å². The van der Waals surface area contributed by atoms with Crippen LogP contribution in [0.3, 0.4) is 0 Å². The van der Waals surface area contributed by atoms with Gasteiger partial charge < -0.3 is 4.90 Å². The van der Waals surface area contributed by atoms with Crippen molar-refractivity contribution in [3.8, 4) is 16.4 Å². The second-order valence-electron chi connectivity index (χ2n) is 7.47. The zero-order valence-corrected chi connectivity index (χ0v) is 15.9. The van der Waals surface area contributed by atoms with Gasteiger partial charge in [0.1, 0.15) is 0 Å². The molecule has 27 heavy (non-hydrogen) atoms. The van der Waals surface area contributed by atoms with E-state index in [2.05, 4.69) is 10.1 Å². The Bertz CT molecular complexity index is 931. The fourth-order valence-electron chi connectivity index (χ4n) is 4.13. The number of hydrogen-bond acceptors (Lipinski definition) is 4. The van der Waals surface area contributed by atoms with Crippen LogP contribution in [-0.4, -0.2) is 38.7 Å². The Morgan fingerprint density at radius 1 is 1.04 bits per heavy atom. The molecule has 138 valence electrons. The van der Waals surface area contributed by atoms with Gasteiger partial charge >= 0.3 is 0 Å². The third kappa shape index (κ3) is 3.08. The van der Waals surface area contributed by atoms with Crippen LogP contribution in [0.15, 0.2) is 47.8 Å². The molecular weight excluding hydrogens is 356 g/mol. The van der Waals surface area contributed by atoms with Gasteiger partial charge in [0, 0.05) is 13.1 Å². The summed E-state index contributed by atoms with van der Waals surface area (Å²) < 4.78 is 1.79. The first-order valence-corrected chi connectivity index (χ1v) is 10.5. The zero-order chi connectivity index (χ0) is 18.2. The summed E-state index contributed by atoms with van der Waals surface area (Å²) in [5.41, 5.74) is 0.918. The summed E-state index contributed by atoms with van der Waals surface area (Å²) in [4.78, 5) is 20.7. The average molecular weight is 379 g/mol. The van der Waals surface area contributed by atoms with Gasteiger partial charge in [-0.05, 0) is 41.8 Å². The molecule has 1 amide bonds. The van der Waals surface area contributed by atoms with Crippen molar-refractivity contribution in [3.63, 3.8) is 0 Å². The SMILES string of the molecule is O=C(c1nc(-c2cccs2)n(-c2ccccc2)n1)N1CCC(C2CCC2)C1. The van der Waals surface area contributed by atoms with E-state index >= 15 is 0 Å². The number of amides is 1. The molecule has 3 heterocycles. The van der Waals surface area contributed by atoms with Gasteiger partial charge in [-0.2, -0.15) is 0 Å². The highest BCUT2D eigenvalue weighted by Gasteiger charge is 2.36. The molecule has 5 rings (SSSR count). The van der Waals surface area contributed by atoms with Crippen molar-refractivity contribution in [1.29, 1.82) is 0 Å². The van der Waals surface area contributed by atoms with E-state index in [-0.39, 0.29) is 5.91 Å². The smallest absolute Gasteiger partial charge is 0.293 e. The fraction of sp³-hybridized carbons (Fsp3) is 0.381. The lowest BCUT2D eigenvalue weighted by Crippen LogP contribution is -2.31. The number of likely N-dealkylation sites (tertiary alicyclic amines) is 1.